The summed E-state index contributed by atoms with van der Waals surface area (Å²) in [5.41, 5.74) is 0. The summed E-state index contributed by atoms with van der Waals surface area (Å²) in [6, 6.07) is 0. The first-order valence-electron chi connectivity index (χ1n) is 10.5. The second kappa shape index (κ2) is 18.6. The molecule has 7 nitrogen and oxygen atoms in total. The van der Waals surface area contributed by atoms with Gasteiger partial charge in [-0.15, -0.1) is 0 Å². The molecular formula is C20H36Li2O7S. The quantitative estimate of drug-likeness (QED) is 0.133. The van der Waals surface area contributed by atoms with Crippen molar-refractivity contribution >= 4 is 22.1 Å². The van der Waals surface area contributed by atoms with Gasteiger partial charge in [0.2, 0.25) is 0 Å². The zero-order valence-electron chi connectivity index (χ0n) is 19.3. The first-order chi connectivity index (χ1) is 13.1. The minimum atomic E-state index is -5.20. The molecule has 0 heterocycles. The van der Waals surface area contributed by atoms with E-state index in [0.29, 0.717) is 19.3 Å². The maximum atomic E-state index is 12.0. The zero-order chi connectivity index (χ0) is 21.6. The summed E-state index contributed by atoms with van der Waals surface area (Å²) < 4.78 is 30.9. The van der Waals surface area contributed by atoms with E-state index in [1.165, 1.54) is 0 Å². The zero-order valence-corrected chi connectivity index (χ0v) is 20.1. The van der Waals surface area contributed by atoms with E-state index in [1.54, 1.807) is 0 Å². The summed E-state index contributed by atoms with van der Waals surface area (Å²) in [6.45, 7) is 4.11. The molecule has 0 aliphatic heterocycles. The van der Waals surface area contributed by atoms with Gasteiger partial charge in [0.25, 0.3) is 10.1 Å². The first kappa shape index (κ1) is 34.7. The number of carboxylic acids is 2. The minimum absolute atomic E-state index is 0. The van der Waals surface area contributed by atoms with Crippen LogP contribution in [0, 0.1) is 5.92 Å². The van der Waals surface area contributed by atoms with Crippen LogP contribution in [0.2, 0.25) is 0 Å². The fraction of sp³-hybridized carbons (Fsp3) is 0.900. The molecule has 0 aliphatic rings. The van der Waals surface area contributed by atoms with Crippen LogP contribution in [-0.2, 0) is 19.7 Å². The number of hydrogen-bond acceptors (Lipinski definition) is 6. The van der Waals surface area contributed by atoms with E-state index in [4.69, 9.17) is 0 Å². The summed E-state index contributed by atoms with van der Waals surface area (Å²) >= 11 is 0. The Labute approximate surface area is 206 Å². The Morgan fingerprint density at radius 2 is 1.20 bits per heavy atom. The molecule has 2 atom stereocenters. The number of aliphatic carboxylic acids is 2. The van der Waals surface area contributed by atoms with Crippen LogP contribution in [0.15, 0.2) is 0 Å². The molecule has 0 radical (unpaired) electrons. The molecule has 0 spiro atoms. The maximum Gasteiger partial charge on any atom is 1.00 e. The third kappa shape index (κ3) is 11.6. The molecule has 1 N–H and O–H groups in total. The van der Waals surface area contributed by atoms with Gasteiger partial charge in [-0.2, -0.15) is 8.42 Å². The molecule has 0 saturated heterocycles. The monoisotopic (exact) mass is 434 g/mol. The Kier molecular flexibility index (Phi) is 21.5. The van der Waals surface area contributed by atoms with Crippen molar-refractivity contribution in [3.63, 3.8) is 0 Å². The molecule has 10 heteroatoms. The van der Waals surface area contributed by atoms with Crippen molar-refractivity contribution in [2.45, 2.75) is 108 Å². The second-order valence-corrected chi connectivity index (χ2v) is 9.28. The molecular weight excluding hydrogens is 398 g/mol. The molecule has 0 saturated carbocycles. The van der Waals surface area contributed by atoms with Crippen LogP contribution >= 0.6 is 0 Å². The number of carboxylic acid groups (broad SMARTS) is 2. The molecule has 0 aromatic rings. The second-order valence-electron chi connectivity index (χ2n) is 7.60. The Morgan fingerprint density at radius 3 is 1.57 bits per heavy atom. The number of carbonyl (C=O) groups excluding carboxylic acids is 2. The van der Waals surface area contributed by atoms with E-state index in [1.807, 2.05) is 6.92 Å². The van der Waals surface area contributed by atoms with Gasteiger partial charge in [0.1, 0.15) is 4.75 Å². The van der Waals surface area contributed by atoms with Crippen molar-refractivity contribution in [1.29, 1.82) is 0 Å². The SMILES string of the molecule is CCCCCCCCC(C(=O)[O-])C(CCCCCCCC)(C(=O)[O-])S(=O)(=O)O.[Li+].[Li+]. The standard InChI is InChI=1S/C20H38O7S.2Li/c1-3-5-7-9-11-13-15-17(18(21)22)20(19(23)24,28(25,26)27)16-14-12-10-8-6-4-2;;/h17H,3-16H2,1-2H3,(H,21,22)(H,23,24)(H,25,26,27);;/q;2*+1/p-2. The molecule has 0 aromatic carbocycles. The van der Waals surface area contributed by atoms with Crippen LogP contribution in [0.4, 0.5) is 0 Å². The average Bonchev–Trinajstić information content (AvgIpc) is 2.60. The summed E-state index contributed by atoms with van der Waals surface area (Å²) in [6.07, 6.45) is 8.78. The minimum Gasteiger partial charge on any atom is -0.550 e. The fourth-order valence-electron chi connectivity index (χ4n) is 3.67. The van der Waals surface area contributed by atoms with Crippen LogP contribution in [0.3, 0.4) is 0 Å². The van der Waals surface area contributed by atoms with Crippen LogP contribution in [0.25, 0.3) is 0 Å². The van der Waals surface area contributed by atoms with Crippen LogP contribution in [0.1, 0.15) is 104 Å². The third-order valence-electron chi connectivity index (χ3n) is 5.40. The third-order valence-corrected chi connectivity index (χ3v) is 6.98. The number of carbonyl (C=O) groups is 2. The van der Waals surface area contributed by atoms with Gasteiger partial charge < -0.3 is 19.8 Å². The Hall–Kier alpha value is 0.0448. The molecule has 0 bridgehead atoms. The molecule has 0 aromatic heterocycles. The van der Waals surface area contributed by atoms with Crippen molar-refractivity contribution in [2.24, 2.45) is 5.92 Å². The van der Waals surface area contributed by atoms with E-state index in [9.17, 15) is 32.8 Å². The van der Waals surface area contributed by atoms with Gasteiger partial charge in [0.15, 0.2) is 0 Å². The van der Waals surface area contributed by atoms with Crippen molar-refractivity contribution in [2.75, 3.05) is 0 Å². The Balaban J connectivity index is -0.00000364. The van der Waals surface area contributed by atoms with Gasteiger partial charge in [0, 0.05) is 11.9 Å². The summed E-state index contributed by atoms with van der Waals surface area (Å²) in [5, 5.41) is 23.5. The number of unbranched alkanes of at least 4 members (excludes halogenated alkanes) is 10. The van der Waals surface area contributed by atoms with Gasteiger partial charge in [-0.3, -0.25) is 4.55 Å². The number of rotatable bonds is 18. The first-order valence-corrected chi connectivity index (χ1v) is 12.0. The van der Waals surface area contributed by atoms with Gasteiger partial charge in [-0.25, -0.2) is 0 Å². The van der Waals surface area contributed by atoms with E-state index < -0.39 is 39.1 Å². The van der Waals surface area contributed by atoms with Crippen LogP contribution in [-0.4, -0.2) is 29.7 Å². The molecule has 0 fully saturated rings. The van der Waals surface area contributed by atoms with Crippen LogP contribution < -0.4 is 47.9 Å². The molecule has 2 unspecified atom stereocenters. The van der Waals surface area contributed by atoms with E-state index >= 15 is 0 Å². The van der Waals surface area contributed by atoms with Crippen molar-refractivity contribution in [3.8, 4) is 0 Å². The molecule has 0 rings (SSSR count). The number of hydrogen-bond donors (Lipinski definition) is 1. The molecule has 30 heavy (non-hydrogen) atoms. The summed E-state index contributed by atoms with van der Waals surface area (Å²) in [5.74, 6) is -5.68. The van der Waals surface area contributed by atoms with Crippen molar-refractivity contribution in [3.05, 3.63) is 0 Å². The van der Waals surface area contributed by atoms with E-state index in [-0.39, 0.29) is 50.6 Å². The van der Waals surface area contributed by atoms with E-state index in [0.717, 1.165) is 51.4 Å². The normalized spacial score (nSPS) is 14.1. The smallest absolute Gasteiger partial charge is 0.550 e. The topological polar surface area (TPSA) is 135 Å². The predicted molar refractivity (Wildman–Crippen MR) is 104 cm³/mol. The average molecular weight is 434 g/mol. The predicted octanol–water partition coefficient (Wildman–Crippen LogP) is -3.76. The molecule has 0 amide bonds. The van der Waals surface area contributed by atoms with Gasteiger partial charge in [0.05, 0.1) is 5.97 Å². The van der Waals surface area contributed by atoms with Gasteiger partial charge in [-0.1, -0.05) is 90.9 Å². The van der Waals surface area contributed by atoms with Crippen LogP contribution in [0.5, 0.6) is 0 Å². The van der Waals surface area contributed by atoms with Gasteiger partial charge >= 0.3 is 37.7 Å². The van der Waals surface area contributed by atoms with Gasteiger partial charge in [-0.05, 0) is 12.8 Å². The largest absolute Gasteiger partial charge is 1.00 e. The van der Waals surface area contributed by atoms with E-state index in [2.05, 4.69) is 6.92 Å². The molecule has 0 aliphatic carbocycles. The summed E-state index contributed by atoms with van der Waals surface area (Å²) in [4.78, 5) is 23.5. The van der Waals surface area contributed by atoms with Crippen molar-refractivity contribution in [1.82, 2.24) is 0 Å². The summed E-state index contributed by atoms with van der Waals surface area (Å²) in [7, 11) is -5.20. The fourth-order valence-corrected chi connectivity index (χ4v) is 4.86. The van der Waals surface area contributed by atoms with Crippen molar-refractivity contribution < 1.29 is 70.5 Å². The Bertz CT molecular complexity index is 570. The molecule has 166 valence electrons. The maximum absolute atomic E-state index is 12.0. The Morgan fingerprint density at radius 1 is 0.800 bits per heavy atom.